The summed E-state index contributed by atoms with van der Waals surface area (Å²) < 4.78 is 4.89. The fourth-order valence-electron chi connectivity index (χ4n) is 1.29. The third-order valence-corrected chi connectivity index (χ3v) is 2.14. The first kappa shape index (κ1) is 12.1. The molecule has 13 heavy (non-hydrogen) atoms. The molecule has 0 aliphatic rings. The summed E-state index contributed by atoms with van der Waals surface area (Å²) >= 11 is 0. The summed E-state index contributed by atoms with van der Waals surface area (Å²) in [7, 11) is 1.58. The van der Waals surface area contributed by atoms with Crippen LogP contribution in [0.4, 0.5) is 0 Å². The van der Waals surface area contributed by atoms with Crippen molar-refractivity contribution in [3.63, 3.8) is 0 Å². The Morgan fingerprint density at radius 3 is 2.62 bits per heavy atom. The zero-order valence-corrected chi connectivity index (χ0v) is 8.54. The second-order valence-corrected chi connectivity index (χ2v) is 3.23. The van der Waals surface area contributed by atoms with Crippen LogP contribution >= 0.6 is 0 Å². The molecule has 3 heteroatoms. The lowest BCUT2D eigenvalue weighted by molar-refractivity contribution is -0.127. The molecule has 3 nitrogen and oxygen atoms in total. The topological polar surface area (TPSA) is 50.1 Å². The van der Waals surface area contributed by atoms with Gasteiger partial charge in [0.15, 0.2) is 0 Å². The number of Topliss-reactive ketones (excluding diaryl/α,β-unsaturated/α-hetero) is 1. The standard InChI is InChI=1S/C10H17NO2/c1-4-9(5-6-11)10(12)8(2)7-13-3/h8-9H,4-5,7H2,1-3H3. The van der Waals surface area contributed by atoms with E-state index in [0.717, 1.165) is 6.42 Å². The first-order valence-corrected chi connectivity index (χ1v) is 4.56. The van der Waals surface area contributed by atoms with Crippen LogP contribution < -0.4 is 0 Å². The molecule has 0 saturated heterocycles. The minimum absolute atomic E-state index is 0.0942. The molecule has 74 valence electrons. The molecule has 0 aromatic carbocycles. The number of hydrogen-bond acceptors (Lipinski definition) is 3. The van der Waals surface area contributed by atoms with Crippen molar-refractivity contribution < 1.29 is 9.53 Å². The molecule has 0 fully saturated rings. The molecule has 0 spiro atoms. The number of nitrogens with zero attached hydrogens (tertiary/aromatic N) is 1. The summed E-state index contributed by atoms with van der Waals surface area (Å²) in [6.45, 7) is 4.21. The quantitative estimate of drug-likeness (QED) is 0.630. The van der Waals surface area contributed by atoms with Gasteiger partial charge in [-0.1, -0.05) is 13.8 Å². The first-order chi connectivity index (χ1) is 6.17. The van der Waals surface area contributed by atoms with Crippen LogP contribution in [0.3, 0.4) is 0 Å². The van der Waals surface area contributed by atoms with Crippen molar-refractivity contribution in [2.24, 2.45) is 11.8 Å². The fraction of sp³-hybridized carbons (Fsp3) is 0.800. The van der Waals surface area contributed by atoms with E-state index in [4.69, 9.17) is 10.00 Å². The lowest BCUT2D eigenvalue weighted by Gasteiger charge is -2.15. The van der Waals surface area contributed by atoms with Gasteiger partial charge in [-0.25, -0.2) is 0 Å². The maximum atomic E-state index is 11.6. The van der Waals surface area contributed by atoms with E-state index in [-0.39, 0.29) is 17.6 Å². The predicted molar refractivity (Wildman–Crippen MR) is 50.1 cm³/mol. The van der Waals surface area contributed by atoms with Crippen LogP contribution in [0.5, 0.6) is 0 Å². The van der Waals surface area contributed by atoms with Crippen LogP contribution in [0, 0.1) is 23.2 Å². The van der Waals surface area contributed by atoms with Crippen molar-refractivity contribution in [2.75, 3.05) is 13.7 Å². The minimum atomic E-state index is -0.116. The average Bonchev–Trinajstić information content (AvgIpc) is 2.13. The summed E-state index contributed by atoms with van der Waals surface area (Å²) in [6.07, 6.45) is 1.06. The third kappa shape index (κ3) is 4.05. The zero-order valence-electron chi connectivity index (χ0n) is 8.54. The van der Waals surface area contributed by atoms with Crippen LogP contribution in [-0.4, -0.2) is 19.5 Å². The van der Waals surface area contributed by atoms with Gasteiger partial charge in [0, 0.05) is 25.4 Å². The molecule has 0 aromatic heterocycles. The van der Waals surface area contributed by atoms with Gasteiger partial charge in [0.1, 0.15) is 5.78 Å². The summed E-state index contributed by atoms with van der Waals surface area (Å²) in [5.74, 6) is -0.0654. The number of carbonyl (C=O) groups excluding carboxylic acids is 1. The molecule has 0 aliphatic heterocycles. The number of rotatable bonds is 6. The lowest BCUT2D eigenvalue weighted by atomic mass is 9.90. The first-order valence-electron chi connectivity index (χ1n) is 4.56. The molecule has 2 atom stereocenters. The van der Waals surface area contributed by atoms with Gasteiger partial charge in [-0.15, -0.1) is 0 Å². The summed E-state index contributed by atoms with van der Waals surface area (Å²) in [4.78, 5) is 11.6. The van der Waals surface area contributed by atoms with E-state index in [1.165, 1.54) is 0 Å². The Bertz CT molecular complexity index is 196. The highest BCUT2D eigenvalue weighted by Gasteiger charge is 2.21. The van der Waals surface area contributed by atoms with Crippen molar-refractivity contribution in [2.45, 2.75) is 26.7 Å². The highest BCUT2D eigenvalue weighted by Crippen LogP contribution is 2.14. The monoisotopic (exact) mass is 183 g/mol. The molecule has 0 aliphatic carbocycles. The molecule has 0 saturated carbocycles. The molecule has 0 rings (SSSR count). The normalized spacial score (nSPS) is 14.6. The van der Waals surface area contributed by atoms with Crippen molar-refractivity contribution in [1.82, 2.24) is 0 Å². The number of nitriles is 1. The SMILES string of the molecule is CCC(CC#N)C(=O)C(C)COC. The second-order valence-electron chi connectivity index (χ2n) is 3.23. The molecular formula is C10H17NO2. The Morgan fingerprint density at radius 1 is 1.62 bits per heavy atom. The Labute approximate surface area is 79.7 Å². The third-order valence-electron chi connectivity index (χ3n) is 2.14. The molecule has 0 heterocycles. The second kappa shape index (κ2) is 6.62. The fourth-order valence-corrected chi connectivity index (χ4v) is 1.29. The molecule has 0 amide bonds. The van der Waals surface area contributed by atoms with Crippen molar-refractivity contribution in [1.29, 1.82) is 5.26 Å². The Hall–Kier alpha value is -0.880. The number of ether oxygens (including phenoxy) is 1. The maximum absolute atomic E-state index is 11.6. The van der Waals surface area contributed by atoms with Crippen LogP contribution in [0.1, 0.15) is 26.7 Å². The van der Waals surface area contributed by atoms with E-state index in [2.05, 4.69) is 0 Å². The molecule has 0 N–H and O–H groups in total. The molecule has 0 bridgehead atoms. The van der Waals surface area contributed by atoms with Gasteiger partial charge in [-0.2, -0.15) is 5.26 Å². The number of carbonyl (C=O) groups is 1. The largest absolute Gasteiger partial charge is 0.384 e. The van der Waals surface area contributed by atoms with Gasteiger partial charge in [0.2, 0.25) is 0 Å². The van der Waals surface area contributed by atoms with Gasteiger partial charge in [0.05, 0.1) is 12.7 Å². The smallest absolute Gasteiger partial charge is 0.142 e. The summed E-state index contributed by atoms with van der Waals surface area (Å²) in [5.41, 5.74) is 0. The Balaban J connectivity index is 4.12. The van der Waals surface area contributed by atoms with Crippen molar-refractivity contribution in [3.8, 4) is 6.07 Å². The Morgan fingerprint density at radius 2 is 2.23 bits per heavy atom. The molecule has 0 radical (unpaired) electrons. The van der Waals surface area contributed by atoms with E-state index >= 15 is 0 Å². The van der Waals surface area contributed by atoms with Crippen molar-refractivity contribution >= 4 is 5.78 Å². The van der Waals surface area contributed by atoms with Crippen LogP contribution in [0.15, 0.2) is 0 Å². The van der Waals surface area contributed by atoms with E-state index < -0.39 is 0 Å². The molecular weight excluding hydrogens is 166 g/mol. The molecule has 0 aromatic rings. The number of methoxy groups -OCH3 is 1. The van der Waals surface area contributed by atoms with Crippen LogP contribution in [-0.2, 0) is 9.53 Å². The lowest BCUT2D eigenvalue weighted by Crippen LogP contribution is -2.24. The van der Waals surface area contributed by atoms with E-state index in [9.17, 15) is 4.79 Å². The summed E-state index contributed by atoms with van der Waals surface area (Å²) in [6, 6.07) is 2.03. The van der Waals surface area contributed by atoms with Gasteiger partial charge < -0.3 is 4.74 Å². The zero-order chi connectivity index (χ0) is 10.3. The van der Waals surface area contributed by atoms with Gasteiger partial charge >= 0.3 is 0 Å². The molecule has 2 unspecified atom stereocenters. The van der Waals surface area contributed by atoms with E-state index in [0.29, 0.717) is 13.0 Å². The average molecular weight is 183 g/mol. The van der Waals surface area contributed by atoms with Crippen molar-refractivity contribution in [3.05, 3.63) is 0 Å². The van der Waals surface area contributed by atoms with E-state index in [1.54, 1.807) is 7.11 Å². The highest BCUT2D eigenvalue weighted by molar-refractivity contribution is 5.83. The van der Waals surface area contributed by atoms with E-state index in [1.807, 2.05) is 19.9 Å². The highest BCUT2D eigenvalue weighted by atomic mass is 16.5. The number of hydrogen-bond donors (Lipinski definition) is 0. The number of ketones is 1. The predicted octanol–water partition coefficient (Wildman–Crippen LogP) is 1.78. The van der Waals surface area contributed by atoms with Crippen LogP contribution in [0.2, 0.25) is 0 Å². The Kier molecular flexibility index (Phi) is 6.17. The maximum Gasteiger partial charge on any atom is 0.142 e. The van der Waals surface area contributed by atoms with Gasteiger partial charge in [-0.05, 0) is 6.42 Å². The van der Waals surface area contributed by atoms with Gasteiger partial charge in [-0.3, -0.25) is 4.79 Å². The summed E-state index contributed by atoms with van der Waals surface area (Å²) in [5, 5.41) is 8.49. The van der Waals surface area contributed by atoms with Gasteiger partial charge in [0.25, 0.3) is 0 Å². The van der Waals surface area contributed by atoms with Crippen LogP contribution in [0.25, 0.3) is 0 Å². The minimum Gasteiger partial charge on any atom is -0.384 e.